The Kier molecular flexibility index (Phi) is 9.02. The van der Waals surface area contributed by atoms with E-state index in [0.29, 0.717) is 24.6 Å². The highest BCUT2D eigenvalue weighted by molar-refractivity contribution is 7.89. The average Bonchev–Trinajstić information content (AvgIpc) is 2.73. The molecule has 0 atom stereocenters. The second-order valence-corrected chi connectivity index (χ2v) is 9.00. The van der Waals surface area contributed by atoms with E-state index in [-0.39, 0.29) is 35.7 Å². The van der Waals surface area contributed by atoms with Crippen molar-refractivity contribution in [2.45, 2.75) is 32.1 Å². The number of amides is 1. The van der Waals surface area contributed by atoms with Crippen molar-refractivity contribution in [1.82, 2.24) is 4.72 Å². The Morgan fingerprint density at radius 2 is 1.65 bits per heavy atom. The Labute approximate surface area is 183 Å². The van der Waals surface area contributed by atoms with Crippen LogP contribution in [-0.2, 0) is 30.8 Å². The maximum absolute atomic E-state index is 12.2. The summed E-state index contributed by atoms with van der Waals surface area (Å²) in [5, 5.41) is 2.69. The lowest BCUT2D eigenvalue weighted by Gasteiger charge is -2.10. The summed E-state index contributed by atoms with van der Waals surface area (Å²) < 4.78 is 37.2. The van der Waals surface area contributed by atoms with E-state index in [1.54, 1.807) is 31.2 Å². The van der Waals surface area contributed by atoms with Crippen LogP contribution < -0.4 is 14.8 Å². The highest BCUT2D eigenvalue weighted by Crippen LogP contribution is 2.16. The van der Waals surface area contributed by atoms with Gasteiger partial charge in [-0.3, -0.25) is 9.59 Å². The van der Waals surface area contributed by atoms with Crippen LogP contribution >= 0.6 is 0 Å². The van der Waals surface area contributed by atoms with E-state index < -0.39 is 10.0 Å². The van der Waals surface area contributed by atoms with Gasteiger partial charge < -0.3 is 14.8 Å². The number of esters is 1. The monoisotopic (exact) mass is 448 g/mol. The van der Waals surface area contributed by atoms with Gasteiger partial charge in [-0.2, -0.15) is 0 Å². The second-order valence-electron chi connectivity index (χ2n) is 7.23. The number of sulfonamides is 1. The maximum atomic E-state index is 12.2. The average molecular weight is 449 g/mol. The lowest BCUT2D eigenvalue weighted by atomic mass is 10.1. The molecule has 0 bridgehead atoms. The zero-order valence-corrected chi connectivity index (χ0v) is 18.7. The Morgan fingerprint density at radius 1 is 1.00 bits per heavy atom. The van der Waals surface area contributed by atoms with Gasteiger partial charge >= 0.3 is 5.97 Å². The minimum Gasteiger partial charge on any atom is -0.484 e. The number of hydrogen-bond donors (Lipinski definition) is 2. The van der Waals surface area contributed by atoms with E-state index >= 15 is 0 Å². The molecule has 0 radical (unpaired) electrons. The van der Waals surface area contributed by atoms with Crippen LogP contribution in [0.1, 0.15) is 26.3 Å². The van der Waals surface area contributed by atoms with Crippen LogP contribution in [0, 0.1) is 5.92 Å². The van der Waals surface area contributed by atoms with Crippen LogP contribution in [0.3, 0.4) is 0 Å². The van der Waals surface area contributed by atoms with Crippen molar-refractivity contribution in [2.24, 2.45) is 5.92 Å². The SMILES string of the molecule is CCOC(=O)Cc1ccc(NC(=O)COc2ccc(S(=O)(=O)NCC(C)C)cc2)cc1. The third-order valence-corrected chi connectivity index (χ3v) is 5.52. The van der Waals surface area contributed by atoms with Crippen molar-refractivity contribution < 1.29 is 27.5 Å². The molecule has 2 aromatic carbocycles. The molecular weight excluding hydrogens is 420 g/mol. The lowest BCUT2D eigenvalue weighted by Crippen LogP contribution is -2.27. The summed E-state index contributed by atoms with van der Waals surface area (Å²) >= 11 is 0. The van der Waals surface area contributed by atoms with E-state index in [2.05, 4.69) is 10.0 Å². The number of nitrogens with one attached hydrogen (secondary N) is 2. The molecule has 31 heavy (non-hydrogen) atoms. The molecule has 9 heteroatoms. The number of carbonyl (C=O) groups excluding carboxylic acids is 2. The molecular formula is C22H28N2O6S. The van der Waals surface area contributed by atoms with Crippen LogP contribution in [0.2, 0.25) is 0 Å². The van der Waals surface area contributed by atoms with Crippen molar-refractivity contribution in [1.29, 1.82) is 0 Å². The molecule has 2 N–H and O–H groups in total. The fourth-order valence-electron chi connectivity index (χ4n) is 2.51. The molecule has 0 unspecified atom stereocenters. The molecule has 1 amide bonds. The molecule has 2 aromatic rings. The van der Waals surface area contributed by atoms with Gasteiger partial charge in [-0.15, -0.1) is 0 Å². The predicted molar refractivity (Wildman–Crippen MR) is 117 cm³/mol. The zero-order valence-electron chi connectivity index (χ0n) is 17.9. The van der Waals surface area contributed by atoms with Crippen LogP contribution in [-0.4, -0.2) is 40.1 Å². The first-order valence-corrected chi connectivity index (χ1v) is 11.4. The summed E-state index contributed by atoms with van der Waals surface area (Å²) in [5.74, 6) is -0.0944. The van der Waals surface area contributed by atoms with Crippen LogP contribution in [0.15, 0.2) is 53.4 Å². The predicted octanol–water partition coefficient (Wildman–Crippen LogP) is 2.74. The Bertz CT molecular complexity index is 970. The molecule has 0 saturated carbocycles. The third kappa shape index (κ3) is 8.39. The Balaban J connectivity index is 1.84. The molecule has 0 aliphatic rings. The standard InChI is InChI=1S/C22H28N2O6S/c1-4-29-22(26)13-17-5-7-18(8-6-17)24-21(25)15-30-19-9-11-20(12-10-19)31(27,28)23-14-16(2)3/h5-12,16,23H,4,13-15H2,1-3H3,(H,24,25). The molecule has 0 spiro atoms. The van der Waals surface area contributed by atoms with Gasteiger partial charge in [0, 0.05) is 12.2 Å². The van der Waals surface area contributed by atoms with Gasteiger partial charge in [0.05, 0.1) is 17.9 Å². The van der Waals surface area contributed by atoms with Gasteiger partial charge in [0.1, 0.15) is 5.75 Å². The number of anilines is 1. The summed E-state index contributed by atoms with van der Waals surface area (Å²) in [7, 11) is -3.57. The van der Waals surface area contributed by atoms with Gasteiger partial charge in [0.2, 0.25) is 10.0 Å². The summed E-state index contributed by atoms with van der Waals surface area (Å²) in [6, 6.07) is 12.7. The zero-order chi connectivity index (χ0) is 22.9. The summed E-state index contributed by atoms with van der Waals surface area (Å²) in [4.78, 5) is 23.7. The van der Waals surface area contributed by atoms with Gasteiger partial charge in [-0.05, 0) is 54.8 Å². The molecule has 0 fully saturated rings. The second kappa shape index (κ2) is 11.5. The lowest BCUT2D eigenvalue weighted by molar-refractivity contribution is -0.142. The largest absolute Gasteiger partial charge is 0.484 e. The van der Waals surface area contributed by atoms with Gasteiger partial charge in [0.15, 0.2) is 6.61 Å². The molecule has 0 aromatic heterocycles. The number of hydrogen-bond acceptors (Lipinski definition) is 6. The molecule has 0 saturated heterocycles. The maximum Gasteiger partial charge on any atom is 0.310 e. The molecule has 0 aliphatic carbocycles. The molecule has 2 rings (SSSR count). The van der Waals surface area contributed by atoms with Crippen molar-refractivity contribution in [3.63, 3.8) is 0 Å². The van der Waals surface area contributed by atoms with Crippen molar-refractivity contribution >= 4 is 27.6 Å². The number of carbonyl (C=O) groups is 2. The summed E-state index contributed by atoms with van der Waals surface area (Å²) in [5.41, 5.74) is 1.35. The van der Waals surface area contributed by atoms with Gasteiger partial charge in [-0.1, -0.05) is 26.0 Å². The van der Waals surface area contributed by atoms with Crippen LogP contribution in [0.4, 0.5) is 5.69 Å². The van der Waals surface area contributed by atoms with Crippen molar-refractivity contribution in [3.8, 4) is 5.75 Å². The first-order valence-electron chi connectivity index (χ1n) is 9.96. The first-order chi connectivity index (χ1) is 14.7. The van der Waals surface area contributed by atoms with E-state index in [1.807, 2.05) is 13.8 Å². The summed E-state index contributed by atoms with van der Waals surface area (Å²) in [6.45, 7) is 6.04. The van der Waals surface area contributed by atoms with Gasteiger partial charge in [-0.25, -0.2) is 13.1 Å². The van der Waals surface area contributed by atoms with E-state index in [9.17, 15) is 18.0 Å². The fourth-order valence-corrected chi connectivity index (χ4v) is 3.72. The third-order valence-electron chi connectivity index (χ3n) is 4.08. The highest BCUT2D eigenvalue weighted by atomic mass is 32.2. The first kappa shape index (κ1) is 24.4. The van der Waals surface area contributed by atoms with Crippen molar-refractivity contribution in [2.75, 3.05) is 25.1 Å². The summed E-state index contributed by atoms with van der Waals surface area (Å²) in [6.07, 6.45) is 0.171. The van der Waals surface area contributed by atoms with Crippen molar-refractivity contribution in [3.05, 3.63) is 54.1 Å². The van der Waals surface area contributed by atoms with E-state index in [1.165, 1.54) is 24.3 Å². The molecule has 168 valence electrons. The molecule has 0 heterocycles. The van der Waals surface area contributed by atoms with E-state index in [4.69, 9.17) is 9.47 Å². The van der Waals surface area contributed by atoms with Gasteiger partial charge in [0.25, 0.3) is 5.91 Å². The topological polar surface area (TPSA) is 111 Å². The Morgan fingerprint density at radius 3 is 2.23 bits per heavy atom. The fraction of sp³-hybridized carbons (Fsp3) is 0.364. The smallest absolute Gasteiger partial charge is 0.310 e. The number of ether oxygens (including phenoxy) is 2. The van der Waals surface area contributed by atoms with E-state index in [0.717, 1.165) is 5.56 Å². The minimum atomic E-state index is -3.57. The Hall–Kier alpha value is -2.91. The quantitative estimate of drug-likeness (QED) is 0.512. The normalized spacial score (nSPS) is 11.2. The minimum absolute atomic E-state index is 0.132. The van der Waals surface area contributed by atoms with Crippen LogP contribution in [0.5, 0.6) is 5.75 Å². The highest BCUT2D eigenvalue weighted by Gasteiger charge is 2.14. The number of benzene rings is 2. The number of rotatable bonds is 11. The molecule has 8 nitrogen and oxygen atoms in total. The molecule has 0 aliphatic heterocycles. The van der Waals surface area contributed by atoms with Crippen LogP contribution in [0.25, 0.3) is 0 Å².